The lowest BCUT2D eigenvalue weighted by molar-refractivity contribution is -0.386. The van der Waals surface area contributed by atoms with Crippen molar-refractivity contribution in [2.45, 2.75) is 26.8 Å². The van der Waals surface area contributed by atoms with Crippen molar-refractivity contribution >= 4 is 17.3 Å². The molecule has 0 saturated carbocycles. The number of rotatable bonds is 4. The summed E-state index contributed by atoms with van der Waals surface area (Å²) in [6, 6.07) is 9.70. The molecule has 0 radical (unpaired) electrons. The first-order valence-electron chi connectivity index (χ1n) is 7.59. The minimum atomic E-state index is -0.472. The Morgan fingerprint density at radius 2 is 2.00 bits per heavy atom. The predicted molar refractivity (Wildman–Crippen MR) is 87.7 cm³/mol. The standard InChI is InChI=1S/C16H17N5O3/c1-11-16(21(23)24)12(2)20(17-11)10-15(22)19-9-8-14(18-19)13-6-4-3-5-7-13/h3-7H,8-10H2,1-2H3. The highest BCUT2D eigenvalue weighted by Crippen LogP contribution is 2.22. The van der Waals surface area contributed by atoms with E-state index in [4.69, 9.17) is 0 Å². The van der Waals surface area contributed by atoms with Gasteiger partial charge in [-0.05, 0) is 19.4 Å². The number of aromatic nitrogens is 2. The molecule has 3 rings (SSSR count). The SMILES string of the molecule is Cc1nn(CC(=O)N2CCC(c3ccccc3)=N2)c(C)c1[N+](=O)[O-]. The maximum absolute atomic E-state index is 12.4. The fourth-order valence-corrected chi connectivity index (χ4v) is 2.79. The Balaban J connectivity index is 1.76. The maximum atomic E-state index is 12.4. The largest absolute Gasteiger partial charge is 0.312 e. The van der Waals surface area contributed by atoms with Crippen molar-refractivity contribution in [2.75, 3.05) is 6.54 Å². The maximum Gasteiger partial charge on any atom is 0.312 e. The van der Waals surface area contributed by atoms with Crippen LogP contribution in [0.5, 0.6) is 0 Å². The molecule has 2 aromatic rings. The zero-order valence-electron chi connectivity index (χ0n) is 13.5. The molecule has 1 aromatic heterocycles. The predicted octanol–water partition coefficient (Wildman–Crippen LogP) is 2.04. The molecule has 1 aliphatic rings. The second kappa shape index (κ2) is 6.23. The summed E-state index contributed by atoms with van der Waals surface area (Å²) in [7, 11) is 0. The van der Waals surface area contributed by atoms with Crippen molar-refractivity contribution in [1.82, 2.24) is 14.8 Å². The lowest BCUT2D eigenvalue weighted by Crippen LogP contribution is -2.28. The van der Waals surface area contributed by atoms with Crippen molar-refractivity contribution in [3.8, 4) is 0 Å². The Labute approximate surface area is 138 Å². The van der Waals surface area contributed by atoms with Crippen LogP contribution in [0, 0.1) is 24.0 Å². The summed E-state index contributed by atoms with van der Waals surface area (Å²) in [5, 5.41) is 20.9. The Morgan fingerprint density at radius 3 is 2.62 bits per heavy atom. The van der Waals surface area contributed by atoms with E-state index in [1.165, 1.54) is 9.69 Å². The van der Waals surface area contributed by atoms with Gasteiger partial charge in [-0.2, -0.15) is 10.2 Å². The van der Waals surface area contributed by atoms with Gasteiger partial charge in [-0.15, -0.1) is 0 Å². The normalized spacial score (nSPS) is 13.9. The van der Waals surface area contributed by atoms with E-state index < -0.39 is 4.92 Å². The van der Waals surface area contributed by atoms with Crippen molar-refractivity contribution in [2.24, 2.45) is 5.10 Å². The van der Waals surface area contributed by atoms with Crippen LogP contribution in [0.3, 0.4) is 0 Å². The Kier molecular flexibility index (Phi) is 4.11. The summed E-state index contributed by atoms with van der Waals surface area (Å²) in [6.45, 7) is 3.60. The summed E-state index contributed by atoms with van der Waals surface area (Å²) in [5.74, 6) is -0.235. The van der Waals surface area contributed by atoms with E-state index in [1.807, 2.05) is 30.3 Å². The van der Waals surface area contributed by atoms with Gasteiger partial charge in [-0.3, -0.25) is 19.6 Å². The number of nitrogens with zero attached hydrogens (tertiary/aromatic N) is 5. The molecule has 0 N–H and O–H groups in total. The van der Waals surface area contributed by atoms with E-state index in [-0.39, 0.29) is 18.1 Å². The number of carbonyl (C=O) groups is 1. The van der Waals surface area contributed by atoms with E-state index in [2.05, 4.69) is 10.2 Å². The fourth-order valence-electron chi connectivity index (χ4n) is 2.79. The van der Waals surface area contributed by atoms with Crippen LogP contribution in [-0.4, -0.2) is 37.9 Å². The molecule has 8 heteroatoms. The lowest BCUT2D eigenvalue weighted by Gasteiger charge is -2.11. The zero-order valence-corrected chi connectivity index (χ0v) is 13.5. The van der Waals surface area contributed by atoms with Crippen LogP contribution in [0.4, 0.5) is 5.69 Å². The first kappa shape index (κ1) is 15.9. The first-order valence-corrected chi connectivity index (χ1v) is 7.59. The van der Waals surface area contributed by atoms with Crippen molar-refractivity contribution < 1.29 is 9.72 Å². The fraction of sp³-hybridized carbons (Fsp3) is 0.312. The highest BCUT2D eigenvalue weighted by Gasteiger charge is 2.26. The second-order valence-corrected chi connectivity index (χ2v) is 5.61. The lowest BCUT2D eigenvalue weighted by atomic mass is 10.1. The third-order valence-corrected chi connectivity index (χ3v) is 4.01. The van der Waals surface area contributed by atoms with Crippen LogP contribution in [0.25, 0.3) is 0 Å². The minimum absolute atomic E-state index is 0.0438. The van der Waals surface area contributed by atoms with Gasteiger partial charge in [0.15, 0.2) is 0 Å². The third-order valence-electron chi connectivity index (χ3n) is 4.01. The summed E-state index contributed by atoms with van der Waals surface area (Å²) < 4.78 is 1.37. The molecule has 0 aliphatic carbocycles. The molecule has 2 heterocycles. The van der Waals surface area contributed by atoms with Gasteiger partial charge in [-0.25, -0.2) is 5.01 Å². The van der Waals surface area contributed by atoms with Crippen LogP contribution < -0.4 is 0 Å². The summed E-state index contributed by atoms with van der Waals surface area (Å²) in [6.07, 6.45) is 0.688. The number of carbonyl (C=O) groups excluding carboxylic acids is 1. The Morgan fingerprint density at radius 1 is 1.29 bits per heavy atom. The van der Waals surface area contributed by atoms with E-state index in [1.54, 1.807) is 13.8 Å². The summed E-state index contributed by atoms with van der Waals surface area (Å²) in [5.41, 5.74) is 2.49. The zero-order chi connectivity index (χ0) is 17.3. The average molecular weight is 327 g/mol. The number of aryl methyl sites for hydroxylation is 1. The van der Waals surface area contributed by atoms with Gasteiger partial charge in [0.25, 0.3) is 5.91 Å². The van der Waals surface area contributed by atoms with E-state index >= 15 is 0 Å². The van der Waals surface area contributed by atoms with Gasteiger partial charge in [0, 0.05) is 6.42 Å². The van der Waals surface area contributed by atoms with Crippen LogP contribution in [0.15, 0.2) is 35.4 Å². The average Bonchev–Trinajstić information content (AvgIpc) is 3.14. The van der Waals surface area contributed by atoms with E-state index in [9.17, 15) is 14.9 Å². The molecule has 1 aliphatic heterocycles. The summed E-state index contributed by atoms with van der Waals surface area (Å²) in [4.78, 5) is 23.0. The molecule has 0 bridgehead atoms. The van der Waals surface area contributed by atoms with Crippen LogP contribution >= 0.6 is 0 Å². The highest BCUT2D eigenvalue weighted by atomic mass is 16.6. The van der Waals surface area contributed by atoms with Crippen molar-refractivity contribution in [3.05, 3.63) is 57.4 Å². The molecule has 1 amide bonds. The molecule has 1 aromatic carbocycles. The second-order valence-electron chi connectivity index (χ2n) is 5.61. The summed E-state index contributed by atoms with van der Waals surface area (Å²) >= 11 is 0. The first-order chi connectivity index (χ1) is 11.5. The molecule has 0 saturated heterocycles. The number of nitro groups is 1. The molecular formula is C16H17N5O3. The number of hydrogen-bond donors (Lipinski definition) is 0. The number of hydrazone groups is 1. The molecule has 124 valence electrons. The van der Waals surface area contributed by atoms with Gasteiger partial charge >= 0.3 is 5.69 Å². The van der Waals surface area contributed by atoms with Gasteiger partial charge in [0.2, 0.25) is 0 Å². The Bertz CT molecular complexity index is 826. The molecule has 0 unspecified atom stereocenters. The quantitative estimate of drug-likeness (QED) is 0.634. The van der Waals surface area contributed by atoms with Crippen LogP contribution in [-0.2, 0) is 11.3 Å². The van der Waals surface area contributed by atoms with E-state index in [0.29, 0.717) is 24.4 Å². The minimum Gasteiger partial charge on any atom is -0.271 e. The molecular weight excluding hydrogens is 310 g/mol. The molecule has 0 spiro atoms. The monoisotopic (exact) mass is 327 g/mol. The highest BCUT2D eigenvalue weighted by molar-refractivity contribution is 6.02. The van der Waals surface area contributed by atoms with Gasteiger partial charge in [-0.1, -0.05) is 30.3 Å². The third kappa shape index (κ3) is 2.90. The number of benzene rings is 1. The van der Waals surface area contributed by atoms with E-state index in [0.717, 1.165) is 11.3 Å². The topological polar surface area (TPSA) is 93.6 Å². The Hall–Kier alpha value is -3.03. The molecule has 0 atom stereocenters. The van der Waals surface area contributed by atoms with Crippen molar-refractivity contribution in [1.29, 1.82) is 0 Å². The molecule has 0 fully saturated rings. The molecule has 24 heavy (non-hydrogen) atoms. The van der Waals surface area contributed by atoms with Gasteiger partial charge in [0.05, 0.1) is 17.2 Å². The van der Waals surface area contributed by atoms with Crippen molar-refractivity contribution in [3.63, 3.8) is 0 Å². The van der Waals surface area contributed by atoms with Crippen LogP contribution in [0.2, 0.25) is 0 Å². The van der Waals surface area contributed by atoms with Gasteiger partial charge in [0.1, 0.15) is 17.9 Å². The molecule has 8 nitrogen and oxygen atoms in total. The smallest absolute Gasteiger partial charge is 0.271 e. The number of amides is 1. The van der Waals surface area contributed by atoms with Gasteiger partial charge < -0.3 is 0 Å². The number of hydrogen-bond acceptors (Lipinski definition) is 5. The van der Waals surface area contributed by atoms with Crippen LogP contribution in [0.1, 0.15) is 23.4 Å².